The lowest BCUT2D eigenvalue weighted by Crippen LogP contribution is -2.12. The van der Waals surface area contributed by atoms with Crippen molar-refractivity contribution in [2.45, 2.75) is 12.8 Å². The normalized spacial score (nSPS) is 34.4. The second kappa shape index (κ2) is 5.21. The van der Waals surface area contributed by atoms with Crippen molar-refractivity contribution in [2.75, 3.05) is 0 Å². The number of hydrogen-bond acceptors (Lipinski definition) is 2. The summed E-state index contributed by atoms with van der Waals surface area (Å²) in [6, 6.07) is 0. The number of carboxylic acid groups (broad SMARTS) is 2. The van der Waals surface area contributed by atoms with Gasteiger partial charge in [-0.3, -0.25) is 0 Å². The Bertz CT molecular complexity index is 417. The molecule has 0 saturated heterocycles. The summed E-state index contributed by atoms with van der Waals surface area (Å²) in [5, 5.41) is 15.6. The van der Waals surface area contributed by atoms with Crippen molar-refractivity contribution in [3.05, 3.63) is 36.5 Å². The standard InChI is InChI=1S/C10H12.C4H4O4/c1-2-9-7-4-5-8(6-7)10(9)3-1;5-3(6)1-2-4(7)8/h1-2,4-5,7-10H,3,6H2;1-2H,(H,5,6)(H,7,8)/b;2-1-. The number of carboxylic acids is 2. The average molecular weight is 248 g/mol. The average Bonchev–Trinajstić information content (AvgIpc) is 2.99. The Hall–Kier alpha value is -1.84. The summed E-state index contributed by atoms with van der Waals surface area (Å²) in [6.45, 7) is 0. The van der Waals surface area contributed by atoms with Crippen LogP contribution in [0.2, 0.25) is 0 Å². The van der Waals surface area contributed by atoms with Crippen molar-refractivity contribution >= 4 is 11.9 Å². The van der Waals surface area contributed by atoms with Crippen LogP contribution in [-0.4, -0.2) is 22.2 Å². The fourth-order valence-corrected chi connectivity index (χ4v) is 3.12. The lowest BCUT2D eigenvalue weighted by atomic mass is 9.86. The van der Waals surface area contributed by atoms with Gasteiger partial charge in [0.15, 0.2) is 0 Å². The number of aliphatic carboxylic acids is 2. The van der Waals surface area contributed by atoms with E-state index in [0.717, 1.165) is 23.7 Å². The molecular weight excluding hydrogens is 232 g/mol. The second-order valence-electron chi connectivity index (χ2n) is 4.86. The predicted octanol–water partition coefficient (Wildman–Crippen LogP) is 2.10. The molecule has 3 aliphatic rings. The fourth-order valence-electron chi connectivity index (χ4n) is 3.12. The van der Waals surface area contributed by atoms with Crippen molar-refractivity contribution < 1.29 is 19.8 Å². The molecule has 3 rings (SSSR count). The van der Waals surface area contributed by atoms with E-state index >= 15 is 0 Å². The van der Waals surface area contributed by atoms with Gasteiger partial charge in [0.25, 0.3) is 0 Å². The summed E-state index contributed by atoms with van der Waals surface area (Å²) in [6.07, 6.45) is 13.6. The quantitative estimate of drug-likeness (QED) is 0.579. The van der Waals surface area contributed by atoms with Crippen molar-refractivity contribution in [3.63, 3.8) is 0 Å². The van der Waals surface area contributed by atoms with Gasteiger partial charge in [-0.2, -0.15) is 0 Å². The van der Waals surface area contributed by atoms with Crippen molar-refractivity contribution in [1.29, 1.82) is 0 Å². The minimum atomic E-state index is -1.26. The maximum absolute atomic E-state index is 9.55. The Morgan fingerprint density at radius 1 is 1.00 bits per heavy atom. The molecule has 0 amide bonds. The number of carbonyl (C=O) groups is 2. The molecule has 0 radical (unpaired) electrons. The van der Waals surface area contributed by atoms with E-state index in [1.165, 1.54) is 12.8 Å². The summed E-state index contributed by atoms with van der Waals surface area (Å²) in [4.78, 5) is 19.1. The molecule has 0 spiro atoms. The topological polar surface area (TPSA) is 74.6 Å². The van der Waals surface area contributed by atoms with Crippen molar-refractivity contribution in [2.24, 2.45) is 23.7 Å². The third-order valence-electron chi connectivity index (χ3n) is 3.82. The van der Waals surface area contributed by atoms with E-state index in [-0.39, 0.29) is 0 Å². The highest BCUT2D eigenvalue weighted by Crippen LogP contribution is 2.52. The first-order valence-corrected chi connectivity index (χ1v) is 6.07. The monoisotopic (exact) mass is 248 g/mol. The Morgan fingerprint density at radius 2 is 1.61 bits per heavy atom. The molecule has 18 heavy (non-hydrogen) atoms. The lowest BCUT2D eigenvalue weighted by Gasteiger charge is -2.18. The Morgan fingerprint density at radius 3 is 2.17 bits per heavy atom. The van der Waals surface area contributed by atoms with Crippen LogP contribution in [0.3, 0.4) is 0 Å². The van der Waals surface area contributed by atoms with Gasteiger partial charge in [-0.15, -0.1) is 0 Å². The molecule has 4 unspecified atom stereocenters. The molecule has 0 aliphatic heterocycles. The second-order valence-corrected chi connectivity index (χ2v) is 4.86. The zero-order chi connectivity index (χ0) is 13.1. The first-order chi connectivity index (χ1) is 8.58. The van der Waals surface area contributed by atoms with E-state index in [9.17, 15) is 9.59 Å². The van der Waals surface area contributed by atoms with Gasteiger partial charge >= 0.3 is 11.9 Å². The van der Waals surface area contributed by atoms with Gasteiger partial charge in [0, 0.05) is 12.2 Å². The molecule has 1 fully saturated rings. The van der Waals surface area contributed by atoms with Crippen LogP contribution >= 0.6 is 0 Å². The molecule has 4 heteroatoms. The number of fused-ring (bicyclic) bond motifs is 5. The van der Waals surface area contributed by atoms with E-state index in [1.807, 2.05) is 0 Å². The number of rotatable bonds is 2. The summed E-state index contributed by atoms with van der Waals surface area (Å²) in [5.74, 6) is 1.31. The van der Waals surface area contributed by atoms with Gasteiger partial charge < -0.3 is 10.2 Å². The lowest BCUT2D eigenvalue weighted by molar-refractivity contribution is -0.134. The van der Waals surface area contributed by atoms with Gasteiger partial charge in [0.1, 0.15) is 0 Å². The highest BCUT2D eigenvalue weighted by molar-refractivity contribution is 5.89. The molecule has 0 aromatic heterocycles. The largest absolute Gasteiger partial charge is 0.478 e. The molecule has 1 saturated carbocycles. The number of hydrogen-bond donors (Lipinski definition) is 2. The van der Waals surface area contributed by atoms with Gasteiger partial charge in [-0.1, -0.05) is 24.3 Å². The molecule has 4 atom stereocenters. The van der Waals surface area contributed by atoms with Crippen molar-refractivity contribution in [1.82, 2.24) is 0 Å². The minimum Gasteiger partial charge on any atom is -0.478 e. The minimum absolute atomic E-state index is 0.558. The van der Waals surface area contributed by atoms with Gasteiger partial charge in [-0.05, 0) is 36.5 Å². The van der Waals surface area contributed by atoms with Crippen LogP contribution in [0.5, 0.6) is 0 Å². The SMILES string of the molecule is C1=CC2C3C=CC(C3)C2C1.O=C(O)/C=C\C(=O)O. The van der Waals surface area contributed by atoms with Gasteiger partial charge in [0.05, 0.1) is 0 Å². The highest BCUT2D eigenvalue weighted by atomic mass is 16.4. The molecule has 0 aromatic carbocycles. The first kappa shape index (κ1) is 12.6. The molecule has 3 aliphatic carbocycles. The maximum Gasteiger partial charge on any atom is 0.328 e. The van der Waals surface area contributed by atoms with Crippen LogP contribution in [0.1, 0.15) is 12.8 Å². The number of allylic oxidation sites excluding steroid dienone is 4. The van der Waals surface area contributed by atoms with Crippen LogP contribution in [0.4, 0.5) is 0 Å². The third-order valence-corrected chi connectivity index (χ3v) is 3.82. The Labute approximate surface area is 105 Å². The van der Waals surface area contributed by atoms with E-state index < -0.39 is 11.9 Å². The van der Waals surface area contributed by atoms with E-state index in [4.69, 9.17) is 10.2 Å². The van der Waals surface area contributed by atoms with E-state index in [1.54, 1.807) is 0 Å². The fraction of sp³-hybridized carbons (Fsp3) is 0.429. The van der Waals surface area contributed by atoms with E-state index in [0.29, 0.717) is 12.2 Å². The van der Waals surface area contributed by atoms with Crippen LogP contribution in [0.15, 0.2) is 36.5 Å². The summed E-state index contributed by atoms with van der Waals surface area (Å²) < 4.78 is 0. The van der Waals surface area contributed by atoms with Crippen LogP contribution in [0, 0.1) is 23.7 Å². The summed E-state index contributed by atoms with van der Waals surface area (Å²) >= 11 is 0. The van der Waals surface area contributed by atoms with Crippen LogP contribution in [-0.2, 0) is 9.59 Å². The van der Waals surface area contributed by atoms with Gasteiger partial charge in [-0.25, -0.2) is 9.59 Å². The van der Waals surface area contributed by atoms with Gasteiger partial charge in [0.2, 0.25) is 0 Å². The van der Waals surface area contributed by atoms with Crippen molar-refractivity contribution in [3.8, 4) is 0 Å². The maximum atomic E-state index is 9.55. The third kappa shape index (κ3) is 2.70. The predicted molar refractivity (Wildman–Crippen MR) is 65.9 cm³/mol. The Kier molecular flexibility index (Phi) is 3.65. The summed E-state index contributed by atoms with van der Waals surface area (Å²) in [5.41, 5.74) is 0. The van der Waals surface area contributed by atoms with E-state index in [2.05, 4.69) is 24.3 Å². The molecule has 96 valence electrons. The highest BCUT2D eigenvalue weighted by Gasteiger charge is 2.44. The molecule has 2 N–H and O–H groups in total. The molecule has 0 aromatic rings. The van der Waals surface area contributed by atoms with Crippen LogP contribution < -0.4 is 0 Å². The molecule has 0 heterocycles. The molecule has 2 bridgehead atoms. The molecular formula is C14H16O4. The zero-order valence-corrected chi connectivity index (χ0v) is 9.90. The zero-order valence-electron chi connectivity index (χ0n) is 9.90. The Balaban J connectivity index is 0.000000139. The smallest absolute Gasteiger partial charge is 0.328 e. The van der Waals surface area contributed by atoms with Crippen LogP contribution in [0.25, 0.3) is 0 Å². The summed E-state index contributed by atoms with van der Waals surface area (Å²) in [7, 11) is 0. The first-order valence-electron chi connectivity index (χ1n) is 6.07. The molecule has 4 nitrogen and oxygen atoms in total.